The van der Waals surface area contributed by atoms with E-state index in [4.69, 9.17) is 0 Å². The lowest BCUT2D eigenvalue weighted by Crippen LogP contribution is -2.47. The number of benzene rings is 1. The van der Waals surface area contributed by atoms with E-state index >= 15 is 0 Å². The molecule has 0 atom stereocenters. The van der Waals surface area contributed by atoms with Crippen molar-refractivity contribution in [3.63, 3.8) is 0 Å². The average Bonchev–Trinajstić information content (AvgIpc) is 2.39. The summed E-state index contributed by atoms with van der Waals surface area (Å²) in [6, 6.07) is 4.87. The molecule has 1 aliphatic heterocycles. The topological polar surface area (TPSA) is 23.6 Å². The first kappa shape index (κ1) is 14.0. The second-order valence-corrected chi connectivity index (χ2v) is 5.02. The number of halogens is 1. The molecule has 0 amide bonds. The molecule has 0 spiro atoms. The van der Waals surface area contributed by atoms with Crippen LogP contribution in [0.15, 0.2) is 18.2 Å². The highest BCUT2D eigenvalue weighted by Gasteiger charge is 2.21. The molecular weight excluding hydrogens is 243 g/mol. The Labute approximate surface area is 114 Å². The van der Waals surface area contributed by atoms with Crippen molar-refractivity contribution in [3.8, 4) is 0 Å². The SMILES string of the molecule is CCCN1CCN(c2cccc(F)c2C(C)=O)CC1. The highest BCUT2D eigenvalue weighted by atomic mass is 19.1. The summed E-state index contributed by atoms with van der Waals surface area (Å²) >= 11 is 0. The quantitative estimate of drug-likeness (QED) is 0.781. The van der Waals surface area contributed by atoms with E-state index in [1.54, 1.807) is 6.07 Å². The minimum absolute atomic E-state index is 0.205. The molecule has 0 N–H and O–H groups in total. The van der Waals surface area contributed by atoms with Crippen molar-refractivity contribution in [2.75, 3.05) is 37.6 Å². The van der Waals surface area contributed by atoms with Crippen LogP contribution in [0.4, 0.5) is 10.1 Å². The van der Waals surface area contributed by atoms with Gasteiger partial charge in [-0.25, -0.2) is 4.39 Å². The maximum atomic E-state index is 13.8. The van der Waals surface area contributed by atoms with Crippen molar-refractivity contribution in [2.24, 2.45) is 0 Å². The third kappa shape index (κ3) is 3.13. The highest BCUT2D eigenvalue weighted by Crippen LogP contribution is 2.25. The number of carbonyl (C=O) groups excluding carboxylic acids is 1. The molecule has 0 aliphatic carbocycles. The van der Waals surface area contributed by atoms with Crippen LogP contribution in [-0.2, 0) is 0 Å². The summed E-state index contributed by atoms with van der Waals surface area (Å²) in [4.78, 5) is 16.1. The standard InChI is InChI=1S/C15H21FN2O/c1-3-7-17-8-10-18(11-9-17)14-6-4-5-13(16)15(14)12(2)19/h4-6H,3,7-11H2,1-2H3. The van der Waals surface area contributed by atoms with E-state index < -0.39 is 5.82 Å². The van der Waals surface area contributed by atoms with Gasteiger partial charge in [0.25, 0.3) is 0 Å². The molecule has 1 aromatic carbocycles. The molecule has 1 fully saturated rings. The number of anilines is 1. The van der Waals surface area contributed by atoms with Crippen molar-refractivity contribution < 1.29 is 9.18 Å². The fourth-order valence-electron chi connectivity index (χ4n) is 2.65. The zero-order chi connectivity index (χ0) is 13.8. The summed E-state index contributed by atoms with van der Waals surface area (Å²) in [7, 11) is 0. The maximum absolute atomic E-state index is 13.8. The molecule has 1 heterocycles. The molecule has 0 saturated carbocycles. The van der Waals surface area contributed by atoms with Crippen LogP contribution >= 0.6 is 0 Å². The summed E-state index contributed by atoms with van der Waals surface area (Å²) in [5.74, 6) is -0.620. The summed E-state index contributed by atoms with van der Waals surface area (Å²) in [5.41, 5.74) is 0.968. The second-order valence-electron chi connectivity index (χ2n) is 5.02. The molecule has 0 unspecified atom stereocenters. The predicted molar refractivity (Wildman–Crippen MR) is 75.3 cm³/mol. The summed E-state index contributed by atoms with van der Waals surface area (Å²) in [6.45, 7) is 8.36. The average molecular weight is 264 g/mol. The van der Waals surface area contributed by atoms with Gasteiger partial charge in [0.2, 0.25) is 0 Å². The number of hydrogen-bond acceptors (Lipinski definition) is 3. The minimum atomic E-state index is -0.416. The third-order valence-electron chi connectivity index (χ3n) is 3.60. The molecule has 0 radical (unpaired) electrons. The van der Waals surface area contributed by atoms with E-state index in [1.807, 2.05) is 6.07 Å². The number of rotatable bonds is 4. The lowest BCUT2D eigenvalue weighted by atomic mass is 10.1. The van der Waals surface area contributed by atoms with E-state index in [9.17, 15) is 9.18 Å². The van der Waals surface area contributed by atoms with E-state index in [0.717, 1.165) is 44.8 Å². The molecule has 1 aliphatic rings. The van der Waals surface area contributed by atoms with Crippen LogP contribution in [0.5, 0.6) is 0 Å². The zero-order valence-electron chi connectivity index (χ0n) is 11.7. The van der Waals surface area contributed by atoms with Gasteiger partial charge in [0.05, 0.1) is 11.3 Å². The Morgan fingerprint density at radius 1 is 1.26 bits per heavy atom. The molecule has 4 heteroatoms. The summed E-state index contributed by atoms with van der Waals surface area (Å²) in [5, 5.41) is 0. The first-order valence-electron chi connectivity index (χ1n) is 6.90. The Balaban J connectivity index is 2.15. The minimum Gasteiger partial charge on any atom is -0.368 e. The molecular formula is C15H21FN2O. The van der Waals surface area contributed by atoms with Crippen molar-refractivity contribution in [1.29, 1.82) is 0 Å². The number of ketones is 1. The zero-order valence-corrected chi connectivity index (χ0v) is 11.7. The molecule has 19 heavy (non-hydrogen) atoms. The lowest BCUT2D eigenvalue weighted by Gasteiger charge is -2.36. The van der Waals surface area contributed by atoms with Crippen LogP contribution < -0.4 is 4.90 Å². The van der Waals surface area contributed by atoms with Crippen LogP contribution in [-0.4, -0.2) is 43.4 Å². The van der Waals surface area contributed by atoms with Crippen LogP contribution in [0, 0.1) is 5.82 Å². The van der Waals surface area contributed by atoms with Gasteiger partial charge in [0.15, 0.2) is 5.78 Å². The van der Waals surface area contributed by atoms with E-state index in [1.165, 1.54) is 13.0 Å². The number of hydrogen-bond donors (Lipinski definition) is 0. The van der Waals surface area contributed by atoms with Crippen LogP contribution in [0.25, 0.3) is 0 Å². The number of nitrogens with zero attached hydrogens (tertiary/aromatic N) is 2. The molecule has 2 rings (SSSR count). The molecule has 1 aromatic rings. The van der Waals surface area contributed by atoms with Gasteiger partial charge in [-0.3, -0.25) is 9.69 Å². The fourth-order valence-corrected chi connectivity index (χ4v) is 2.65. The van der Waals surface area contributed by atoms with E-state index in [-0.39, 0.29) is 11.3 Å². The van der Waals surface area contributed by atoms with Gasteiger partial charge in [-0.1, -0.05) is 13.0 Å². The third-order valence-corrected chi connectivity index (χ3v) is 3.60. The maximum Gasteiger partial charge on any atom is 0.164 e. The monoisotopic (exact) mass is 264 g/mol. The lowest BCUT2D eigenvalue weighted by molar-refractivity contribution is 0.101. The van der Waals surface area contributed by atoms with Crippen molar-refractivity contribution >= 4 is 11.5 Å². The normalized spacial score (nSPS) is 16.7. The van der Waals surface area contributed by atoms with Crippen LogP contribution in [0.2, 0.25) is 0 Å². The van der Waals surface area contributed by atoms with Gasteiger partial charge >= 0.3 is 0 Å². The number of Topliss-reactive ketones (excluding diaryl/α,β-unsaturated/α-hetero) is 1. The first-order valence-corrected chi connectivity index (χ1v) is 6.90. The van der Waals surface area contributed by atoms with Gasteiger partial charge in [-0.15, -0.1) is 0 Å². The van der Waals surface area contributed by atoms with Crippen LogP contribution in [0.3, 0.4) is 0 Å². The van der Waals surface area contributed by atoms with Crippen molar-refractivity contribution in [1.82, 2.24) is 4.90 Å². The van der Waals surface area contributed by atoms with Gasteiger partial charge in [0, 0.05) is 26.2 Å². The Bertz CT molecular complexity index is 453. The second kappa shape index (κ2) is 6.15. The van der Waals surface area contributed by atoms with Gasteiger partial charge in [0.1, 0.15) is 5.82 Å². The first-order chi connectivity index (χ1) is 9.13. The summed E-state index contributed by atoms with van der Waals surface area (Å²) in [6.07, 6.45) is 1.15. The fraction of sp³-hybridized carbons (Fsp3) is 0.533. The Hall–Kier alpha value is -1.42. The molecule has 104 valence electrons. The van der Waals surface area contributed by atoms with E-state index in [0.29, 0.717) is 0 Å². The molecule has 3 nitrogen and oxygen atoms in total. The van der Waals surface area contributed by atoms with Gasteiger partial charge in [-0.2, -0.15) is 0 Å². The number of carbonyl (C=O) groups is 1. The Morgan fingerprint density at radius 3 is 2.53 bits per heavy atom. The van der Waals surface area contributed by atoms with E-state index in [2.05, 4.69) is 16.7 Å². The summed E-state index contributed by atoms with van der Waals surface area (Å²) < 4.78 is 13.8. The predicted octanol–water partition coefficient (Wildman–Crippen LogP) is 2.56. The Kier molecular flexibility index (Phi) is 4.53. The van der Waals surface area contributed by atoms with Gasteiger partial charge in [-0.05, 0) is 32.0 Å². The molecule has 0 aromatic heterocycles. The number of piperazine rings is 1. The smallest absolute Gasteiger partial charge is 0.164 e. The molecule has 1 saturated heterocycles. The van der Waals surface area contributed by atoms with Crippen molar-refractivity contribution in [3.05, 3.63) is 29.6 Å². The molecule has 0 bridgehead atoms. The van der Waals surface area contributed by atoms with Crippen molar-refractivity contribution in [2.45, 2.75) is 20.3 Å². The highest BCUT2D eigenvalue weighted by molar-refractivity contribution is 6.00. The Morgan fingerprint density at radius 2 is 1.95 bits per heavy atom. The largest absolute Gasteiger partial charge is 0.368 e. The van der Waals surface area contributed by atoms with Gasteiger partial charge < -0.3 is 4.90 Å². The van der Waals surface area contributed by atoms with Crippen LogP contribution in [0.1, 0.15) is 30.6 Å².